The second-order valence-corrected chi connectivity index (χ2v) is 6.79. The van der Waals surface area contributed by atoms with E-state index in [0.717, 1.165) is 34.6 Å². The first-order valence-electron chi connectivity index (χ1n) is 8.99. The maximum atomic E-state index is 12.5. The molecule has 0 aliphatic carbocycles. The minimum Gasteiger partial charge on any atom is -0.379 e. The lowest BCUT2D eigenvalue weighted by Gasteiger charge is -2.32. The number of hydrogen-bond donors (Lipinski definition) is 1. The molecule has 0 saturated carbocycles. The summed E-state index contributed by atoms with van der Waals surface area (Å²) < 4.78 is 16.8. The summed E-state index contributed by atoms with van der Waals surface area (Å²) >= 11 is 0. The number of ether oxygens (including phenoxy) is 2. The summed E-state index contributed by atoms with van der Waals surface area (Å²) in [4.78, 5) is 12.5. The van der Waals surface area contributed by atoms with Crippen molar-refractivity contribution in [2.75, 3.05) is 13.2 Å². The normalized spacial score (nSPS) is 20.1. The highest BCUT2D eigenvalue weighted by Gasteiger charge is 2.28. The van der Waals surface area contributed by atoms with Crippen LogP contribution < -0.4 is 5.32 Å². The molecular weight excluding hydrogens is 332 g/mol. The van der Waals surface area contributed by atoms with Crippen molar-refractivity contribution in [3.63, 3.8) is 0 Å². The molecule has 0 bridgehead atoms. The summed E-state index contributed by atoms with van der Waals surface area (Å²) in [5.41, 5.74) is 3.96. The molecule has 2 aromatic rings. The van der Waals surface area contributed by atoms with E-state index in [1.807, 2.05) is 45.0 Å². The Morgan fingerprint density at radius 1 is 1.31 bits per heavy atom. The Bertz CT molecular complexity index is 737. The SMILES string of the molecule is Cc1ccccc1CC(=O)N[C@@H]1CCOC[C@H]1OCc1c(C)noc1C. The predicted molar refractivity (Wildman–Crippen MR) is 96.8 cm³/mol. The zero-order valence-corrected chi connectivity index (χ0v) is 15.6. The lowest BCUT2D eigenvalue weighted by Crippen LogP contribution is -2.50. The van der Waals surface area contributed by atoms with Gasteiger partial charge in [-0.3, -0.25) is 4.79 Å². The number of aromatic nitrogens is 1. The molecule has 1 aromatic carbocycles. The molecule has 26 heavy (non-hydrogen) atoms. The second kappa shape index (κ2) is 8.47. The van der Waals surface area contributed by atoms with Crippen LogP contribution in [0.15, 0.2) is 28.8 Å². The van der Waals surface area contributed by atoms with Crippen LogP contribution in [0.5, 0.6) is 0 Å². The average molecular weight is 358 g/mol. The van der Waals surface area contributed by atoms with E-state index in [1.54, 1.807) is 0 Å². The van der Waals surface area contributed by atoms with Crippen molar-refractivity contribution in [2.45, 2.75) is 52.4 Å². The number of nitrogens with zero attached hydrogens (tertiary/aromatic N) is 1. The van der Waals surface area contributed by atoms with Crippen LogP contribution in [-0.4, -0.2) is 36.4 Å². The van der Waals surface area contributed by atoms with Gasteiger partial charge in [-0.15, -0.1) is 0 Å². The Morgan fingerprint density at radius 2 is 2.12 bits per heavy atom. The first kappa shape index (κ1) is 18.6. The summed E-state index contributed by atoms with van der Waals surface area (Å²) in [5, 5.41) is 7.07. The molecule has 3 rings (SSSR count). The van der Waals surface area contributed by atoms with Gasteiger partial charge in [-0.1, -0.05) is 29.4 Å². The monoisotopic (exact) mass is 358 g/mol. The molecule has 1 aliphatic rings. The molecule has 140 valence electrons. The Hall–Kier alpha value is -2.18. The van der Waals surface area contributed by atoms with Crippen molar-refractivity contribution in [3.8, 4) is 0 Å². The molecule has 0 unspecified atom stereocenters. The van der Waals surface area contributed by atoms with Gasteiger partial charge >= 0.3 is 0 Å². The fourth-order valence-electron chi connectivity index (χ4n) is 3.18. The first-order chi connectivity index (χ1) is 12.5. The molecule has 1 amide bonds. The zero-order valence-electron chi connectivity index (χ0n) is 15.6. The van der Waals surface area contributed by atoms with Gasteiger partial charge in [0.05, 0.1) is 31.4 Å². The summed E-state index contributed by atoms with van der Waals surface area (Å²) in [6.45, 7) is 7.29. The fraction of sp³-hybridized carbons (Fsp3) is 0.500. The summed E-state index contributed by atoms with van der Waals surface area (Å²) in [6.07, 6.45) is 0.935. The van der Waals surface area contributed by atoms with Crippen LogP contribution in [0.4, 0.5) is 0 Å². The summed E-state index contributed by atoms with van der Waals surface area (Å²) in [7, 11) is 0. The molecule has 1 saturated heterocycles. The van der Waals surface area contributed by atoms with Gasteiger partial charge in [-0.25, -0.2) is 0 Å². The van der Waals surface area contributed by atoms with E-state index in [2.05, 4.69) is 10.5 Å². The van der Waals surface area contributed by atoms with Crippen LogP contribution in [0.1, 0.15) is 34.6 Å². The Balaban J connectivity index is 1.58. The minimum absolute atomic E-state index is 0.0112. The van der Waals surface area contributed by atoms with Gasteiger partial charge in [-0.2, -0.15) is 0 Å². The van der Waals surface area contributed by atoms with E-state index < -0.39 is 0 Å². The van der Waals surface area contributed by atoms with E-state index in [4.69, 9.17) is 14.0 Å². The van der Waals surface area contributed by atoms with Gasteiger partial charge in [0.25, 0.3) is 0 Å². The smallest absolute Gasteiger partial charge is 0.224 e. The van der Waals surface area contributed by atoms with E-state index >= 15 is 0 Å². The van der Waals surface area contributed by atoms with Crippen LogP contribution in [0.3, 0.4) is 0 Å². The third-order valence-electron chi connectivity index (χ3n) is 4.89. The molecule has 0 radical (unpaired) electrons. The van der Waals surface area contributed by atoms with Crippen molar-refractivity contribution in [1.82, 2.24) is 10.5 Å². The maximum Gasteiger partial charge on any atom is 0.224 e. The van der Waals surface area contributed by atoms with Crippen molar-refractivity contribution in [1.29, 1.82) is 0 Å². The Labute approximate surface area is 153 Å². The van der Waals surface area contributed by atoms with Gasteiger partial charge in [-0.05, 0) is 38.3 Å². The number of amides is 1. The number of carbonyl (C=O) groups is 1. The van der Waals surface area contributed by atoms with Crippen LogP contribution in [-0.2, 0) is 27.3 Å². The van der Waals surface area contributed by atoms with Gasteiger partial charge in [0.1, 0.15) is 11.9 Å². The van der Waals surface area contributed by atoms with Crippen molar-refractivity contribution in [3.05, 3.63) is 52.4 Å². The van der Waals surface area contributed by atoms with E-state index in [-0.39, 0.29) is 18.1 Å². The largest absolute Gasteiger partial charge is 0.379 e. The Kier molecular flexibility index (Phi) is 6.06. The molecule has 1 N–H and O–H groups in total. The first-order valence-corrected chi connectivity index (χ1v) is 8.99. The van der Waals surface area contributed by atoms with Gasteiger partial charge in [0.2, 0.25) is 5.91 Å². The van der Waals surface area contributed by atoms with Crippen molar-refractivity contribution >= 4 is 5.91 Å². The van der Waals surface area contributed by atoms with Crippen LogP contribution in [0, 0.1) is 20.8 Å². The highest BCUT2D eigenvalue weighted by molar-refractivity contribution is 5.79. The van der Waals surface area contributed by atoms with Gasteiger partial charge < -0.3 is 19.3 Å². The maximum absolute atomic E-state index is 12.5. The number of rotatable bonds is 6. The highest BCUT2D eigenvalue weighted by Crippen LogP contribution is 2.18. The van der Waals surface area contributed by atoms with Crippen LogP contribution >= 0.6 is 0 Å². The van der Waals surface area contributed by atoms with Crippen LogP contribution in [0.25, 0.3) is 0 Å². The molecule has 0 spiro atoms. The van der Waals surface area contributed by atoms with Crippen LogP contribution in [0.2, 0.25) is 0 Å². The number of hydrogen-bond acceptors (Lipinski definition) is 5. The molecule has 1 aromatic heterocycles. The Morgan fingerprint density at radius 3 is 2.85 bits per heavy atom. The molecule has 6 heteroatoms. The topological polar surface area (TPSA) is 73.6 Å². The minimum atomic E-state index is -0.182. The fourth-order valence-corrected chi connectivity index (χ4v) is 3.18. The third-order valence-corrected chi connectivity index (χ3v) is 4.89. The number of benzene rings is 1. The van der Waals surface area contributed by atoms with Gasteiger partial charge in [0, 0.05) is 12.2 Å². The molecule has 1 aliphatic heterocycles. The number of carbonyl (C=O) groups excluding carboxylic acids is 1. The van der Waals surface area contributed by atoms with E-state index in [1.165, 1.54) is 0 Å². The van der Waals surface area contributed by atoms with Crippen molar-refractivity contribution in [2.24, 2.45) is 0 Å². The summed E-state index contributed by atoms with van der Waals surface area (Å²) in [6, 6.07) is 7.89. The third kappa shape index (κ3) is 4.51. The molecule has 2 atom stereocenters. The van der Waals surface area contributed by atoms with Crippen molar-refractivity contribution < 1.29 is 18.8 Å². The average Bonchev–Trinajstić information content (AvgIpc) is 2.94. The quantitative estimate of drug-likeness (QED) is 0.859. The summed E-state index contributed by atoms with van der Waals surface area (Å²) in [5.74, 6) is 0.775. The molecular formula is C20H26N2O4. The lowest BCUT2D eigenvalue weighted by atomic mass is 10.0. The van der Waals surface area contributed by atoms with Gasteiger partial charge in [0.15, 0.2) is 0 Å². The predicted octanol–water partition coefficient (Wildman–Crippen LogP) is 2.63. The zero-order chi connectivity index (χ0) is 18.5. The standard InChI is InChI=1S/C20H26N2O4/c1-13-6-4-5-7-16(13)10-20(23)21-18-8-9-24-12-19(18)25-11-17-14(2)22-26-15(17)3/h4-7,18-19H,8-12H2,1-3H3,(H,21,23)/t18-,19-/m1/s1. The highest BCUT2D eigenvalue weighted by atomic mass is 16.5. The lowest BCUT2D eigenvalue weighted by molar-refractivity contribution is -0.126. The molecule has 6 nitrogen and oxygen atoms in total. The number of aryl methyl sites for hydroxylation is 3. The molecule has 2 heterocycles. The number of nitrogens with one attached hydrogen (secondary N) is 1. The van der Waals surface area contributed by atoms with E-state index in [9.17, 15) is 4.79 Å². The van der Waals surface area contributed by atoms with E-state index in [0.29, 0.717) is 26.2 Å². The second-order valence-electron chi connectivity index (χ2n) is 6.79. The molecule has 1 fully saturated rings.